The molecular weight excluding hydrogens is 364 g/mol. The largest absolute Gasteiger partial charge is 1.00 e. The first-order valence-electron chi connectivity index (χ1n) is 7.36. The second kappa shape index (κ2) is 12.8. The molecule has 4 N–H and O–H groups in total. The van der Waals surface area contributed by atoms with Gasteiger partial charge < -0.3 is 22.1 Å². The summed E-state index contributed by atoms with van der Waals surface area (Å²) in [6.45, 7) is 8.88. The Morgan fingerprint density at radius 2 is 1.08 bits per heavy atom. The predicted molar refractivity (Wildman–Crippen MR) is 107 cm³/mol. The van der Waals surface area contributed by atoms with Crippen molar-refractivity contribution in [1.29, 1.82) is 0 Å². The Morgan fingerprint density at radius 3 is 1.38 bits per heavy atom. The van der Waals surface area contributed by atoms with Gasteiger partial charge in [0.25, 0.3) is 0 Å². The van der Waals surface area contributed by atoms with Gasteiger partial charge in [0.15, 0.2) is 0 Å². The van der Waals surface area contributed by atoms with Crippen LogP contribution in [-0.4, -0.2) is 17.4 Å². The van der Waals surface area contributed by atoms with Gasteiger partial charge in [0.1, 0.15) is 0 Å². The summed E-state index contributed by atoms with van der Waals surface area (Å²) in [6, 6.07) is 14.6. The van der Waals surface area contributed by atoms with Crippen molar-refractivity contribution in [3.05, 3.63) is 83.7 Å². The number of nitrogen functional groups attached to an aromatic ring is 2. The Labute approximate surface area is 205 Å². The van der Waals surface area contributed by atoms with Gasteiger partial charge >= 0.3 is 59.1 Å². The molecule has 0 spiro atoms. The number of rotatable bonds is 8. The summed E-state index contributed by atoms with van der Waals surface area (Å²) in [5.74, 6) is 0. The van der Waals surface area contributed by atoms with Gasteiger partial charge in [0, 0.05) is 24.5 Å². The molecule has 0 aliphatic heterocycles. The first kappa shape index (κ1) is 25.4. The zero-order valence-electron chi connectivity index (χ0n) is 15.4. The number of nitrogens with zero attached hydrogens (tertiary/aromatic N) is 3. The summed E-state index contributed by atoms with van der Waals surface area (Å²) >= 11 is 4.43. The summed E-state index contributed by atoms with van der Waals surface area (Å²) < 4.78 is 1.76. The van der Waals surface area contributed by atoms with Crippen molar-refractivity contribution in [2.75, 3.05) is 24.6 Å². The molecule has 0 heterocycles. The number of thiol groups is 1. The quantitative estimate of drug-likeness (QED) is 0.302. The van der Waals surface area contributed by atoms with Crippen LogP contribution >= 0.6 is 12.8 Å². The van der Waals surface area contributed by atoms with Crippen LogP contribution in [0, 0.1) is 0 Å². The Bertz CT molecular complexity index is 643. The van der Waals surface area contributed by atoms with Gasteiger partial charge in [0.2, 0.25) is 0 Å². The third-order valence-electron chi connectivity index (χ3n) is 3.09. The first-order chi connectivity index (χ1) is 11.4. The van der Waals surface area contributed by atoms with E-state index in [0.29, 0.717) is 35.9 Å². The molecule has 0 aliphatic carbocycles. The Balaban J connectivity index is 0.00000312. The molecule has 2 rings (SSSR count). The van der Waals surface area contributed by atoms with Crippen LogP contribution in [-0.2, 0) is 0 Å². The molecule has 0 saturated carbocycles. The van der Waals surface area contributed by atoms with Crippen LogP contribution in [0.25, 0.3) is 10.6 Å². The zero-order chi connectivity index (χ0) is 17.5. The number of hydrogen-bond donors (Lipinski definition) is 3. The van der Waals surface area contributed by atoms with Crippen LogP contribution in [0.3, 0.4) is 0 Å². The minimum atomic E-state index is 0. The third-order valence-corrected chi connectivity index (χ3v) is 3.37. The molecule has 2 aromatic rings. The standard InChI is InChI=1S/C18H21N5S.2Na/c1-13(21-17-7-3-15(19)4-8-17)11-23(24)12-14(2)22-18-9-5-16(20)6-10-18;;/h3-10,24H,1-2,11-12,19-20H2;;/q-2;2*+1. The summed E-state index contributed by atoms with van der Waals surface area (Å²) in [5, 5.41) is 8.85. The molecule has 26 heavy (non-hydrogen) atoms. The first-order valence-corrected chi connectivity index (χ1v) is 7.76. The molecule has 126 valence electrons. The number of hydrogen-bond acceptors (Lipinski definition) is 4. The molecular formula is C18H21N5Na2S. The fourth-order valence-corrected chi connectivity index (χ4v) is 2.34. The van der Waals surface area contributed by atoms with Gasteiger partial charge in [-0.3, -0.25) is 0 Å². The maximum atomic E-state index is 5.65. The van der Waals surface area contributed by atoms with Gasteiger partial charge in [-0.25, -0.2) is 4.31 Å². The van der Waals surface area contributed by atoms with E-state index in [0.717, 1.165) is 11.4 Å². The van der Waals surface area contributed by atoms with E-state index in [1.54, 1.807) is 28.6 Å². The Morgan fingerprint density at radius 1 is 0.769 bits per heavy atom. The van der Waals surface area contributed by atoms with Crippen LogP contribution < -0.4 is 70.6 Å². The van der Waals surface area contributed by atoms with Crippen LogP contribution in [0.15, 0.2) is 73.1 Å². The summed E-state index contributed by atoms with van der Waals surface area (Å²) in [7, 11) is 0. The van der Waals surface area contributed by atoms with E-state index >= 15 is 0 Å². The monoisotopic (exact) mass is 385 g/mol. The molecule has 2 aromatic carbocycles. The average molecular weight is 385 g/mol. The van der Waals surface area contributed by atoms with Gasteiger partial charge in [-0.2, -0.15) is 11.4 Å². The van der Waals surface area contributed by atoms with E-state index in [-0.39, 0.29) is 59.1 Å². The number of nitrogens with two attached hydrogens (primary N) is 2. The van der Waals surface area contributed by atoms with Gasteiger partial charge in [-0.1, -0.05) is 37.1 Å². The third kappa shape index (κ3) is 9.39. The summed E-state index contributed by atoms with van der Waals surface area (Å²) in [6.07, 6.45) is 0. The molecule has 0 fully saturated rings. The SMILES string of the molecule is C=C(CN(S)CC(=C)[N-]c1ccc(N)cc1)[N-]c1ccc(N)cc1.[Na+].[Na+]. The minimum absolute atomic E-state index is 0. The van der Waals surface area contributed by atoms with Crippen molar-refractivity contribution in [2.45, 2.75) is 0 Å². The second-order valence-electron chi connectivity index (χ2n) is 5.36. The van der Waals surface area contributed by atoms with Crippen molar-refractivity contribution in [1.82, 2.24) is 4.31 Å². The van der Waals surface area contributed by atoms with Gasteiger partial charge in [0.05, 0.1) is 0 Å². The van der Waals surface area contributed by atoms with Crippen LogP contribution in [0.4, 0.5) is 22.7 Å². The summed E-state index contributed by atoms with van der Waals surface area (Å²) in [5.41, 5.74) is 15.7. The molecule has 0 radical (unpaired) electrons. The van der Waals surface area contributed by atoms with Crippen molar-refractivity contribution >= 4 is 35.6 Å². The molecule has 0 saturated heterocycles. The van der Waals surface area contributed by atoms with E-state index in [4.69, 9.17) is 11.5 Å². The van der Waals surface area contributed by atoms with Gasteiger partial charge in [-0.05, 0) is 24.3 Å². The normalized spacial score (nSPS) is 9.62. The van der Waals surface area contributed by atoms with Crippen molar-refractivity contribution in [2.24, 2.45) is 0 Å². The smallest absolute Gasteiger partial charge is 0.661 e. The molecule has 0 aliphatic rings. The maximum Gasteiger partial charge on any atom is 1.00 e. The zero-order valence-corrected chi connectivity index (χ0v) is 20.3. The van der Waals surface area contributed by atoms with E-state index in [1.807, 2.05) is 24.3 Å². The molecule has 0 atom stereocenters. The predicted octanol–water partition coefficient (Wildman–Crippen LogP) is -1.26. The van der Waals surface area contributed by atoms with Crippen LogP contribution in [0.1, 0.15) is 0 Å². The molecule has 0 aromatic heterocycles. The molecule has 8 heteroatoms. The van der Waals surface area contributed by atoms with Crippen LogP contribution in [0.5, 0.6) is 0 Å². The van der Waals surface area contributed by atoms with E-state index in [9.17, 15) is 0 Å². The topological polar surface area (TPSA) is 83.5 Å². The van der Waals surface area contributed by atoms with Crippen LogP contribution in [0.2, 0.25) is 0 Å². The number of benzene rings is 2. The molecule has 0 amide bonds. The molecule has 0 unspecified atom stereocenters. The fourth-order valence-electron chi connectivity index (χ4n) is 2.01. The van der Waals surface area contributed by atoms with Gasteiger partial charge in [-0.15, -0.1) is 24.5 Å². The number of anilines is 2. The molecule has 0 bridgehead atoms. The van der Waals surface area contributed by atoms with Crippen molar-refractivity contribution in [3.63, 3.8) is 0 Å². The van der Waals surface area contributed by atoms with E-state index in [1.165, 1.54) is 0 Å². The van der Waals surface area contributed by atoms with Crippen molar-refractivity contribution in [3.8, 4) is 0 Å². The Hall–Kier alpha value is -0.570. The molecule has 5 nitrogen and oxygen atoms in total. The Kier molecular flexibility index (Phi) is 12.5. The average Bonchev–Trinajstić information content (AvgIpc) is 2.51. The van der Waals surface area contributed by atoms with E-state index < -0.39 is 0 Å². The van der Waals surface area contributed by atoms with Crippen molar-refractivity contribution < 1.29 is 59.1 Å². The second-order valence-corrected chi connectivity index (χ2v) is 5.93. The summed E-state index contributed by atoms with van der Waals surface area (Å²) in [4.78, 5) is 0. The maximum absolute atomic E-state index is 5.65. The minimum Gasteiger partial charge on any atom is -0.661 e. The fraction of sp³-hybridized carbons (Fsp3) is 0.111. The van der Waals surface area contributed by atoms with E-state index in [2.05, 4.69) is 36.6 Å².